The van der Waals surface area contributed by atoms with E-state index in [1.807, 2.05) is 0 Å². The van der Waals surface area contributed by atoms with E-state index in [0.29, 0.717) is 31.0 Å². The molecule has 1 aromatic carbocycles. The van der Waals surface area contributed by atoms with E-state index in [1.54, 1.807) is 41.3 Å². The van der Waals surface area contributed by atoms with Crippen LogP contribution < -0.4 is 5.32 Å². The van der Waals surface area contributed by atoms with Gasteiger partial charge in [0.05, 0.1) is 6.54 Å². The Labute approximate surface area is 154 Å². The average molecular weight is 368 g/mol. The number of hydrogen-bond donors (Lipinski definition) is 1. The minimum Gasteiger partial charge on any atom is -0.454 e. The summed E-state index contributed by atoms with van der Waals surface area (Å²) < 4.78 is 21.0. The van der Waals surface area contributed by atoms with Crippen molar-refractivity contribution in [1.29, 1.82) is 0 Å². The Morgan fingerprint density at radius 3 is 2.96 bits per heavy atom. The number of rotatable bonds is 4. The van der Waals surface area contributed by atoms with Gasteiger partial charge in [-0.3, -0.25) is 14.3 Å². The van der Waals surface area contributed by atoms with Crippen molar-refractivity contribution in [2.75, 3.05) is 13.1 Å². The fourth-order valence-electron chi connectivity index (χ4n) is 3.17. The number of piperazine rings is 1. The number of nitrogens with one attached hydrogen (secondary N) is 1. The van der Waals surface area contributed by atoms with Crippen molar-refractivity contribution >= 4 is 11.8 Å². The molecular formula is C19H17FN4O3. The van der Waals surface area contributed by atoms with Crippen LogP contribution in [0.15, 0.2) is 59.3 Å². The number of nitrogens with zero attached hydrogens (tertiary/aromatic N) is 3. The predicted molar refractivity (Wildman–Crippen MR) is 93.2 cm³/mol. The number of benzene rings is 1. The summed E-state index contributed by atoms with van der Waals surface area (Å²) in [4.78, 5) is 26.8. The average Bonchev–Trinajstić information content (AvgIpc) is 3.33. The Morgan fingerprint density at radius 2 is 2.19 bits per heavy atom. The number of amides is 2. The summed E-state index contributed by atoms with van der Waals surface area (Å²) >= 11 is 0. The molecule has 8 heteroatoms. The van der Waals surface area contributed by atoms with Crippen LogP contribution in [0.3, 0.4) is 0 Å². The largest absolute Gasteiger partial charge is 0.454 e. The molecule has 1 saturated heterocycles. The second-order valence-electron chi connectivity index (χ2n) is 6.22. The molecule has 1 fully saturated rings. The molecule has 1 atom stereocenters. The van der Waals surface area contributed by atoms with Crippen molar-refractivity contribution < 1.29 is 18.4 Å². The Balaban J connectivity index is 1.59. The van der Waals surface area contributed by atoms with Crippen molar-refractivity contribution in [2.24, 2.45) is 0 Å². The molecule has 0 radical (unpaired) electrons. The molecule has 1 aliphatic heterocycles. The maximum absolute atomic E-state index is 13.6. The van der Waals surface area contributed by atoms with Gasteiger partial charge < -0.3 is 14.6 Å². The van der Waals surface area contributed by atoms with Crippen LogP contribution in [0.5, 0.6) is 0 Å². The molecule has 0 unspecified atom stereocenters. The first-order chi connectivity index (χ1) is 13.1. The van der Waals surface area contributed by atoms with Crippen molar-refractivity contribution in [3.63, 3.8) is 0 Å². The van der Waals surface area contributed by atoms with E-state index in [0.717, 1.165) is 0 Å². The van der Waals surface area contributed by atoms with Crippen LogP contribution in [-0.4, -0.2) is 39.6 Å². The van der Waals surface area contributed by atoms with Gasteiger partial charge in [0.2, 0.25) is 5.91 Å². The SMILES string of the molecule is O=C1NCCN(C(=O)c2ccc(Cn3cccn3)o2)[C@H]1c1cccc(F)c1. The van der Waals surface area contributed by atoms with Gasteiger partial charge in [-0.2, -0.15) is 5.10 Å². The van der Waals surface area contributed by atoms with E-state index >= 15 is 0 Å². The van der Waals surface area contributed by atoms with Crippen molar-refractivity contribution in [3.05, 3.63) is 77.8 Å². The molecule has 0 aliphatic carbocycles. The Hall–Kier alpha value is -3.42. The first-order valence-electron chi connectivity index (χ1n) is 8.52. The van der Waals surface area contributed by atoms with Crippen molar-refractivity contribution in [1.82, 2.24) is 20.0 Å². The number of halogens is 1. The third kappa shape index (κ3) is 3.46. The first-order valence-corrected chi connectivity index (χ1v) is 8.52. The normalized spacial score (nSPS) is 17.0. The molecule has 1 aliphatic rings. The Kier molecular flexibility index (Phi) is 4.45. The number of carbonyl (C=O) groups excluding carboxylic acids is 2. The summed E-state index contributed by atoms with van der Waals surface area (Å²) in [6, 6.07) is 9.89. The molecular weight excluding hydrogens is 351 g/mol. The zero-order valence-electron chi connectivity index (χ0n) is 14.3. The summed E-state index contributed by atoms with van der Waals surface area (Å²) in [5.74, 6) is -0.508. The zero-order chi connectivity index (χ0) is 18.8. The smallest absolute Gasteiger partial charge is 0.290 e. The third-order valence-electron chi connectivity index (χ3n) is 4.39. The lowest BCUT2D eigenvalue weighted by atomic mass is 10.0. The highest BCUT2D eigenvalue weighted by molar-refractivity contribution is 5.96. The fraction of sp³-hybridized carbons (Fsp3) is 0.211. The van der Waals surface area contributed by atoms with E-state index < -0.39 is 17.8 Å². The van der Waals surface area contributed by atoms with Crippen molar-refractivity contribution in [3.8, 4) is 0 Å². The van der Waals surface area contributed by atoms with Gasteiger partial charge >= 0.3 is 0 Å². The number of furan rings is 1. The molecule has 2 aromatic heterocycles. The molecule has 0 bridgehead atoms. The topological polar surface area (TPSA) is 80.4 Å². The predicted octanol–water partition coefficient (Wildman–Crippen LogP) is 1.98. The maximum atomic E-state index is 13.6. The van der Waals surface area contributed by atoms with Gasteiger partial charge in [0, 0.05) is 25.5 Å². The van der Waals surface area contributed by atoms with Gasteiger partial charge in [0.25, 0.3) is 5.91 Å². The van der Waals surface area contributed by atoms with Gasteiger partial charge in [-0.05, 0) is 35.9 Å². The van der Waals surface area contributed by atoms with Crippen LogP contribution >= 0.6 is 0 Å². The van der Waals surface area contributed by atoms with Crippen LogP contribution in [0, 0.1) is 5.82 Å². The second kappa shape index (κ2) is 7.06. The molecule has 2 amide bonds. The number of carbonyl (C=O) groups is 2. The van der Waals surface area contributed by atoms with E-state index in [4.69, 9.17) is 4.42 Å². The monoisotopic (exact) mass is 368 g/mol. The molecule has 0 spiro atoms. The third-order valence-corrected chi connectivity index (χ3v) is 4.39. The van der Waals surface area contributed by atoms with E-state index in [-0.39, 0.29) is 11.7 Å². The highest BCUT2D eigenvalue weighted by Gasteiger charge is 2.36. The fourth-order valence-corrected chi connectivity index (χ4v) is 3.17. The summed E-state index contributed by atoms with van der Waals surface area (Å²) in [5, 5.41) is 6.82. The van der Waals surface area contributed by atoms with E-state index in [9.17, 15) is 14.0 Å². The lowest BCUT2D eigenvalue weighted by Crippen LogP contribution is -2.52. The van der Waals surface area contributed by atoms with E-state index in [2.05, 4.69) is 10.4 Å². The van der Waals surface area contributed by atoms with Gasteiger partial charge in [-0.15, -0.1) is 0 Å². The lowest BCUT2D eigenvalue weighted by Gasteiger charge is -2.34. The highest BCUT2D eigenvalue weighted by atomic mass is 19.1. The number of hydrogen-bond acceptors (Lipinski definition) is 4. The molecule has 3 aromatic rings. The summed E-state index contributed by atoms with van der Waals surface area (Å²) in [6.45, 7) is 1.03. The van der Waals surface area contributed by atoms with E-state index in [1.165, 1.54) is 23.1 Å². The minimum atomic E-state index is -0.901. The molecule has 27 heavy (non-hydrogen) atoms. The molecule has 0 saturated carbocycles. The second-order valence-corrected chi connectivity index (χ2v) is 6.22. The standard InChI is InChI=1S/C19H17FN4O3/c20-14-4-1-3-13(11-14)17-18(25)21-8-10-24(17)19(26)16-6-5-15(27-16)12-23-9-2-7-22-23/h1-7,9,11,17H,8,10,12H2,(H,21,25)/t17-/m0/s1. The maximum Gasteiger partial charge on any atom is 0.290 e. The first kappa shape index (κ1) is 17.0. The Morgan fingerprint density at radius 1 is 1.30 bits per heavy atom. The zero-order valence-corrected chi connectivity index (χ0v) is 14.3. The quantitative estimate of drug-likeness (QED) is 0.764. The summed E-state index contributed by atoms with van der Waals surface area (Å²) in [7, 11) is 0. The van der Waals surface area contributed by atoms with Gasteiger partial charge in [0.1, 0.15) is 17.6 Å². The van der Waals surface area contributed by atoms with Crippen molar-refractivity contribution in [2.45, 2.75) is 12.6 Å². The lowest BCUT2D eigenvalue weighted by molar-refractivity contribution is -0.128. The van der Waals surface area contributed by atoms with Crippen LogP contribution in [-0.2, 0) is 11.3 Å². The molecule has 1 N–H and O–H groups in total. The molecule has 4 rings (SSSR count). The molecule has 3 heterocycles. The summed E-state index contributed by atoms with van der Waals surface area (Å²) in [5.41, 5.74) is 0.420. The summed E-state index contributed by atoms with van der Waals surface area (Å²) in [6.07, 6.45) is 3.45. The van der Waals surface area contributed by atoms with Gasteiger partial charge in [0.15, 0.2) is 5.76 Å². The number of aromatic nitrogens is 2. The van der Waals surface area contributed by atoms with Crippen LogP contribution in [0.1, 0.15) is 27.9 Å². The van der Waals surface area contributed by atoms with Gasteiger partial charge in [-0.1, -0.05) is 12.1 Å². The Bertz CT molecular complexity index is 967. The molecule has 138 valence electrons. The van der Waals surface area contributed by atoms with Crippen LogP contribution in [0.2, 0.25) is 0 Å². The highest BCUT2D eigenvalue weighted by Crippen LogP contribution is 2.26. The minimum absolute atomic E-state index is 0.133. The van der Waals surface area contributed by atoms with Crippen LogP contribution in [0.25, 0.3) is 0 Å². The molecule has 7 nitrogen and oxygen atoms in total. The van der Waals surface area contributed by atoms with Gasteiger partial charge in [-0.25, -0.2) is 4.39 Å². The van der Waals surface area contributed by atoms with Crippen LogP contribution in [0.4, 0.5) is 4.39 Å².